The number of carbonyl (C=O) groups excluding carboxylic acids is 1. The molecule has 1 heterocycles. The molecule has 1 rings (SSSR count). The van der Waals surface area contributed by atoms with Crippen molar-refractivity contribution in [2.45, 2.75) is 25.8 Å². The Labute approximate surface area is 94.7 Å². The maximum atomic E-state index is 11.7. The summed E-state index contributed by atoms with van der Waals surface area (Å²) in [5, 5.41) is 12.2. The quantitative estimate of drug-likeness (QED) is 0.683. The molecular weight excluding hydrogens is 206 g/mol. The number of amides is 1. The third-order valence-corrected chi connectivity index (χ3v) is 2.26. The van der Waals surface area contributed by atoms with Crippen molar-refractivity contribution in [3.63, 3.8) is 0 Å². The third-order valence-electron chi connectivity index (χ3n) is 2.26. The van der Waals surface area contributed by atoms with E-state index in [9.17, 15) is 9.90 Å². The molecule has 0 spiro atoms. The minimum Gasteiger partial charge on any atom is -0.505 e. The number of nitrogens with one attached hydrogen (secondary N) is 1. The Hall–Kier alpha value is -1.62. The molecule has 0 fully saturated rings. The zero-order valence-corrected chi connectivity index (χ0v) is 9.31. The SMILES string of the molecule is CCCC(CN)NC(=O)c1ncccc1O. The van der Waals surface area contributed by atoms with Crippen LogP contribution in [-0.2, 0) is 0 Å². The zero-order valence-electron chi connectivity index (χ0n) is 9.31. The Morgan fingerprint density at radius 2 is 2.44 bits per heavy atom. The van der Waals surface area contributed by atoms with Gasteiger partial charge in [-0.3, -0.25) is 4.79 Å². The fourth-order valence-electron chi connectivity index (χ4n) is 1.42. The Morgan fingerprint density at radius 1 is 1.69 bits per heavy atom. The van der Waals surface area contributed by atoms with E-state index in [4.69, 9.17) is 5.73 Å². The number of pyridine rings is 1. The van der Waals surface area contributed by atoms with Gasteiger partial charge in [0.2, 0.25) is 0 Å². The fourth-order valence-corrected chi connectivity index (χ4v) is 1.42. The molecule has 1 aromatic rings. The van der Waals surface area contributed by atoms with Gasteiger partial charge in [0, 0.05) is 18.8 Å². The van der Waals surface area contributed by atoms with Crippen LogP contribution in [0.5, 0.6) is 5.75 Å². The van der Waals surface area contributed by atoms with Gasteiger partial charge in [-0.1, -0.05) is 13.3 Å². The van der Waals surface area contributed by atoms with Crippen molar-refractivity contribution in [2.75, 3.05) is 6.54 Å². The van der Waals surface area contributed by atoms with Crippen LogP contribution in [0, 0.1) is 0 Å². The molecule has 88 valence electrons. The Bertz CT molecular complexity index is 355. The number of nitrogens with zero attached hydrogens (tertiary/aromatic N) is 1. The van der Waals surface area contributed by atoms with Gasteiger partial charge >= 0.3 is 0 Å². The molecule has 1 aromatic heterocycles. The molecule has 0 aromatic carbocycles. The van der Waals surface area contributed by atoms with Gasteiger partial charge in [-0.15, -0.1) is 0 Å². The van der Waals surface area contributed by atoms with E-state index in [1.165, 1.54) is 12.3 Å². The van der Waals surface area contributed by atoms with Crippen molar-refractivity contribution in [1.29, 1.82) is 0 Å². The molecule has 0 saturated heterocycles. The van der Waals surface area contributed by atoms with Crippen LogP contribution in [0.1, 0.15) is 30.3 Å². The number of nitrogens with two attached hydrogens (primary N) is 1. The molecule has 4 N–H and O–H groups in total. The normalized spacial score (nSPS) is 12.1. The van der Waals surface area contributed by atoms with E-state index >= 15 is 0 Å². The molecule has 0 radical (unpaired) electrons. The first-order valence-electron chi connectivity index (χ1n) is 5.34. The van der Waals surface area contributed by atoms with Crippen LogP contribution in [-0.4, -0.2) is 28.6 Å². The molecule has 5 heteroatoms. The highest BCUT2D eigenvalue weighted by Gasteiger charge is 2.15. The summed E-state index contributed by atoms with van der Waals surface area (Å²) in [5.41, 5.74) is 5.56. The maximum Gasteiger partial charge on any atom is 0.273 e. The molecule has 0 aliphatic heterocycles. The number of rotatable bonds is 5. The lowest BCUT2D eigenvalue weighted by atomic mass is 10.1. The molecule has 1 unspecified atom stereocenters. The van der Waals surface area contributed by atoms with Gasteiger partial charge in [0.25, 0.3) is 5.91 Å². The maximum absolute atomic E-state index is 11.7. The molecule has 5 nitrogen and oxygen atoms in total. The van der Waals surface area contributed by atoms with Crippen molar-refractivity contribution < 1.29 is 9.90 Å². The molecule has 1 amide bonds. The number of carbonyl (C=O) groups is 1. The smallest absolute Gasteiger partial charge is 0.273 e. The topological polar surface area (TPSA) is 88.2 Å². The molecular formula is C11H17N3O2. The summed E-state index contributed by atoms with van der Waals surface area (Å²) < 4.78 is 0. The fraction of sp³-hybridized carbons (Fsp3) is 0.455. The third kappa shape index (κ3) is 3.20. The van der Waals surface area contributed by atoms with Crippen molar-refractivity contribution in [3.05, 3.63) is 24.0 Å². The van der Waals surface area contributed by atoms with E-state index in [-0.39, 0.29) is 23.4 Å². The van der Waals surface area contributed by atoms with Crippen LogP contribution >= 0.6 is 0 Å². The first-order valence-corrected chi connectivity index (χ1v) is 5.34. The second-order valence-electron chi connectivity index (χ2n) is 3.57. The van der Waals surface area contributed by atoms with Crippen molar-refractivity contribution in [3.8, 4) is 5.75 Å². The lowest BCUT2D eigenvalue weighted by Gasteiger charge is -2.15. The predicted octanol–water partition coefficient (Wildman–Crippen LogP) is 0.644. The summed E-state index contributed by atoms with van der Waals surface area (Å²) in [6.07, 6.45) is 3.22. The lowest BCUT2D eigenvalue weighted by molar-refractivity contribution is 0.0928. The second-order valence-corrected chi connectivity index (χ2v) is 3.57. The highest BCUT2D eigenvalue weighted by atomic mass is 16.3. The van der Waals surface area contributed by atoms with Gasteiger partial charge < -0.3 is 16.2 Å². The van der Waals surface area contributed by atoms with Gasteiger partial charge in [-0.05, 0) is 18.6 Å². The molecule has 0 saturated carbocycles. The highest BCUT2D eigenvalue weighted by Crippen LogP contribution is 2.12. The van der Waals surface area contributed by atoms with Crippen LogP contribution in [0.25, 0.3) is 0 Å². The minimum atomic E-state index is -0.387. The molecule has 0 aliphatic carbocycles. The van der Waals surface area contributed by atoms with E-state index in [2.05, 4.69) is 10.3 Å². The average Bonchev–Trinajstić information content (AvgIpc) is 2.28. The van der Waals surface area contributed by atoms with E-state index in [1.807, 2.05) is 6.92 Å². The average molecular weight is 223 g/mol. The number of aromatic hydroxyl groups is 1. The van der Waals surface area contributed by atoms with Crippen molar-refractivity contribution in [1.82, 2.24) is 10.3 Å². The summed E-state index contributed by atoms with van der Waals surface area (Å²) in [5.74, 6) is -0.505. The Morgan fingerprint density at radius 3 is 3.00 bits per heavy atom. The first-order chi connectivity index (χ1) is 7.69. The van der Waals surface area contributed by atoms with Crippen LogP contribution in [0.4, 0.5) is 0 Å². The minimum absolute atomic E-state index is 0.0389. The van der Waals surface area contributed by atoms with Crippen LogP contribution in [0.2, 0.25) is 0 Å². The summed E-state index contributed by atoms with van der Waals surface area (Å²) in [7, 11) is 0. The van der Waals surface area contributed by atoms with E-state index in [0.29, 0.717) is 6.54 Å². The van der Waals surface area contributed by atoms with Gasteiger partial charge in [0.1, 0.15) is 5.75 Å². The summed E-state index contributed by atoms with van der Waals surface area (Å²) in [6.45, 7) is 2.40. The van der Waals surface area contributed by atoms with Gasteiger partial charge in [-0.25, -0.2) is 4.98 Å². The summed E-state index contributed by atoms with van der Waals surface area (Å²) in [4.78, 5) is 15.5. The molecule has 16 heavy (non-hydrogen) atoms. The Balaban J connectivity index is 2.68. The zero-order chi connectivity index (χ0) is 12.0. The molecule has 0 bridgehead atoms. The van der Waals surface area contributed by atoms with Crippen molar-refractivity contribution >= 4 is 5.91 Å². The van der Waals surface area contributed by atoms with Crippen LogP contribution in [0.3, 0.4) is 0 Å². The van der Waals surface area contributed by atoms with E-state index in [0.717, 1.165) is 12.8 Å². The first kappa shape index (κ1) is 12.4. The van der Waals surface area contributed by atoms with E-state index < -0.39 is 0 Å². The number of hydrogen-bond acceptors (Lipinski definition) is 4. The highest BCUT2D eigenvalue weighted by molar-refractivity contribution is 5.94. The second kappa shape index (κ2) is 6.07. The van der Waals surface area contributed by atoms with Crippen LogP contribution in [0.15, 0.2) is 18.3 Å². The summed E-state index contributed by atoms with van der Waals surface area (Å²) >= 11 is 0. The summed E-state index contributed by atoms with van der Waals surface area (Å²) in [6, 6.07) is 2.93. The van der Waals surface area contributed by atoms with Gasteiger partial charge in [0.15, 0.2) is 5.69 Å². The van der Waals surface area contributed by atoms with Crippen molar-refractivity contribution in [2.24, 2.45) is 5.73 Å². The molecule has 0 aliphatic rings. The largest absolute Gasteiger partial charge is 0.505 e. The monoisotopic (exact) mass is 223 g/mol. The van der Waals surface area contributed by atoms with Gasteiger partial charge in [-0.2, -0.15) is 0 Å². The standard InChI is InChI=1S/C11H17N3O2/c1-2-4-8(7-12)14-11(16)10-9(15)5-3-6-13-10/h3,5-6,8,15H,2,4,7,12H2,1H3,(H,14,16). The Kier molecular flexibility index (Phi) is 4.72. The molecule has 1 atom stereocenters. The predicted molar refractivity (Wildman–Crippen MR) is 61.1 cm³/mol. The van der Waals surface area contributed by atoms with Crippen LogP contribution < -0.4 is 11.1 Å². The number of hydrogen-bond donors (Lipinski definition) is 3. The van der Waals surface area contributed by atoms with E-state index in [1.54, 1.807) is 6.07 Å². The lowest BCUT2D eigenvalue weighted by Crippen LogP contribution is -2.40. The number of aromatic nitrogens is 1. The van der Waals surface area contributed by atoms with Gasteiger partial charge in [0.05, 0.1) is 0 Å².